The van der Waals surface area contributed by atoms with Crippen molar-refractivity contribution in [1.29, 1.82) is 0 Å². The van der Waals surface area contributed by atoms with Gasteiger partial charge in [-0.25, -0.2) is 4.79 Å². The first kappa shape index (κ1) is 19.3. The van der Waals surface area contributed by atoms with Crippen molar-refractivity contribution in [3.8, 4) is 5.75 Å². The molecule has 3 rings (SSSR count). The topological polar surface area (TPSA) is 68.5 Å². The van der Waals surface area contributed by atoms with Gasteiger partial charge in [0.25, 0.3) is 5.91 Å². The lowest BCUT2D eigenvalue weighted by Gasteiger charge is -2.10. The molecule has 0 fully saturated rings. The first-order chi connectivity index (χ1) is 12.9. The average molecular weight is 406 g/mol. The van der Waals surface area contributed by atoms with Gasteiger partial charge in [0.2, 0.25) is 0 Å². The van der Waals surface area contributed by atoms with Crippen molar-refractivity contribution in [2.45, 2.75) is 20.3 Å². The number of ether oxygens (including phenoxy) is 1. The minimum atomic E-state index is -0.391. The predicted molar refractivity (Wildman–Crippen MR) is 107 cm³/mol. The number of carbonyl (C=O) groups is 1. The predicted octanol–water partition coefficient (Wildman–Crippen LogP) is 4.99. The Bertz CT molecular complexity index is 1080. The number of halogens is 2. The van der Waals surface area contributed by atoms with Crippen LogP contribution in [0.1, 0.15) is 18.1 Å². The van der Waals surface area contributed by atoms with E-state index in [1.54, 1.807) is 30.3 Å². The molecule has 1 aromatic heterocycles. The van der Waals surface area contributed by atoms with E-state index in [9.17, 15) is 9.59 Å². The second kappa shape index (κ2) is 8.03. The standard InChI is InChI=1S/C20H17Cl2NO4/c1-3-14-11(2)15-6-5-13(9-18(15)27-20(14)25)26-10-19(24)23-17-8-12(21)4-7-16(17)22/h4-9H,3,10H2,1-2H3,(H,23,24). The quantitative estimate of drug-likeness (QED) is 0.607. The Morgan fingerprint density at radius 1 is 1.19 bits per heavy atom. The number of carbonyl (C=O) groups excluding carboxylic acids is 1. The van der Waals surface area contributed by atoms with E-state index in [0.29, 0.717) is 39.0 Å². The number of benzene rings is 2. The highest BCUT2D eigenvalue weighted by Gasteiger charge is 2.12. The van der Waals surface area contributed by atoms with Crippen molar-refractivity contribution in [3.63, 3.8) is 0 Å². The molecule has 1 amide bonds. The summed E-state index contributed by atoms with van der Waals surface area (Å²) in [5.41, 5.74) is 2.03. The van der Waals surface area contributed by atoms with Crippen molar-refractivity contribution in [2.24, 2.45) is 0 Å². The Balaban J connectivity index is 1.74. The lowest BCUT2D eigenvalue weighted by Crippen LogP contribution is -2.20. The minimum absolute atomic E-state index is 0.232. The zero-order valence-corrected chi connectivity index (χ0v) is 16.3. The van der Waals surface area contributed by atoms with E-state index in [1.807, 2.05) is 19.9 Å². The molecule has 0 atom stereocenters. The van der Waals surface area contributed by atoms with Gasteiger partial charge in [-0.2, -0.15) is 0 Å². The van der Waals surface area contributed by atoms with Crippen LogP contribution < -0.4 is 15.7 Å². The van der Waals surface area contributed by atoms with Crippen molar-refractivity contribution in [2.75, 3.05) is 11.9 Å². The normalized spacial score (nSPS) is 10.8. The van der Waals surface area contributed by atoms with Crippen LogP contribution in [0, 0.1) is 6.92 Å². The number of aryl methyl sites for hydroxylation is 1. The summed E-state index contributed by atoms with van der Waals surface area (Å²) in [6.45, 7) is 3.57. The molecule has 3 aromatic rings. The smallest absolute Gasteiger partial charge is 0.339 e. The third kappa shape index (κ3) is 4.26. The van der Waals surface area contributed by atoms with Gasteiger partial charge in [-0.1, -0.05) is 30.1 Å². The Hall–Kier alpha value is -2.50. The molecule has 0 radical (unpaired) electrons. The third-order valence-electron chi connectivity index (χ3n) is 4.18. The van der Waals surface area contributed by atoms with E-state index in [1.165, 1.54) is 0 Å². The van der Waals surface area contributed by atoms with Gasteiger partial charge in [0.1, 0.15) is 11.3 Å². The molecule has 140 valence electrons. The van der Waals surface area contributed by atoms with E-state index in [4.69, 9.17) is 32.4 Å². The number of amides is 1. The number of anilines is 1. The van der Waals surface area contributed by atoms with Crippen LogP contribution in [-0.4, -0.2) is 12.5 Å². The number of hydrogen-bond donors (Lipinski definition) is 1. The molecule has 0 unspecified atom stereocenters. The van der Waals surface area contributed by atoms with Crippen LogP contribution in [0.3, 0.4) is 0 Å². The molecular weight excluding hydrogens is 389 g/mol. The molecule has 0 saturated heterocycles. The molecule has 1 N–H and O–H groups in total. The van der Waals surface area contributed by atoms with E-state index in [2.05, 4.69) is 5.32 Å². The van der Waals surface area contributed by atoms with Gasteiger partial charge in [0.15, 0.2) is 6.61 Å². The summed E-state index contributed by atoms with van der Waals surface area (Å²) in [7, 11) is 0. The third-order valence-corrected chi connectivity index (χ3v) is 4.75. The maximum absolute atomic E-state index is 12.1. The fourth-order valence-corrected chi connectivity index (χ4v) is 3.14. The molecule has 0 aliphatic carbocycles. The van der Waals surface area contributed by atoms with Crippen LogP contribution >= 0.6 is 23.2 Å². The maximum atomic E-state index is 12.1. The minimum Gasteiger partial charge on any atom is -0.484 e. The highest BCUT2D eigenvalue weighted by atomic mass is 35.5. The highest BCUT2D eigenvalue weighted by molar-refractivity contribution is 6.35. The van der Waals surface area contributed by atoms with Gasteiger partial charge in [-0.15, -0.1) is 0 Å². The van der Waals surface area contributed by atoms with Gasteiger partial charge >= 0.3 is 5.63 Å². The molecule has 0 aliphatic heterocycles. The zero-order valence-electron chi connectivity index (χ0n) is 14.8. The molecule has 7 heteroatoms. The fourth-order valence-electron chi connectivity index (χ4n) is 2.80. The Morgan fingerprint density at radius 3 is 2.70 bits per heavy atom. The zero-order chi connectivity index (χ0) is 19.6. The molecule has 2 aromatic carbocycles. The van der Waals surface area contributed by atoms with Crippen LogP contribution in [0.15, 0.2) is 45.6 Å². The fraction of sp³-hybridized carbons (Fsp3) is 0.200. The van der Waals surface area contributed by atoms with E-state index < -0.39 is 5.91 Å². The summed E-state index contributed by atoms with van der Waals surface area (Å²) < 4.78 is 10.9. The Labute approximate surface area is 165 Å². The molecule has 5 nitrogen and oxygen atoms in total. The number of rotatable bonds is 5. The van der Waals surface area contributed by atoms with Crippen LogP contribution in [-0.2, 0) is 11.2 Å². The van der Waals surface area contributed by atoms with Crippen LogP contribution in [0.5, 0.6) is 5.75 Å². The lowest BCUT2D eigenvalue weighted by molar-refractivity contribution is -0.118. The van der Waals surface area contributed by atoms with Crippen molar-refractivity contribution in [3.05, 3.63) is 68.0 Å². The SMILES string of the molecule is CCc1c(C)c2ccc(OCC(=O)Nc3cc(Cl)ccc3Cl)cc2oc1=O. The summed E-state index contributed by atoms with van der Waals surface area (Å²) in [4.78, 5) is 24.1. The molecular formula is C20H17Cl2NO4. The number of hydrogen-bond acceptors (Lipinski definition) is 4. The van der Waals surface area contributed by atoms with Gasteiger partial charge in [-0.3, -0.25) is 4.79 Å². The van der Waals surface area contributed by atoms with E-state index in [0.717, 1.165) is 10.9 Å². The molecule has 27 heavy (non-hydrogen) atoms. The molecule has 1 heterocycles. The maximum Gasteiger partial charge on any atom is 0.339 e. The highest BCUT2D eigenvalue weighted by Crippen LogP contribution is 2.26. The number of nitrogens with one attached hydrogen (secondary N) is 1. The molecule has 0 saturated carbocycles. The first-order valence-electron chi connectivity index (χ1n) is 8.33. The summed E-state index contributed by atoms with van der Waals surface area (Å²) >= 11 is 11.9. The molecule has 0 spiro atoms. The Kier molecular flexibility index (Phi) is 5.73. The summed E-state index contributed by atoms with van der Waals surface area (Å²) in [6.07, 6.45) is 0.606. The first-order valence-corrected chi connectivity index (χ1v) is 9.08. The van der Waals surface area contributed by atoms with Gasteiger partial charge < -0.3 is 14.5 Å². The largest absolute Gasteiger partial charge is 0.484 e. The average Bonchev–Trinajstić information content (AvgIpc) is 2.63. The second-order valence-corrected chi connectivity index (χ2v) is 6.81. The van der Waals surface area contributed by atoms with Crippen LogP contribution in [0.25, 0.3) is 11.0 Å². The van der Waals surface area contributed by atoms with Gasteiger partial charge in [0, 0.05) is 22.0 Å². The number of fused-ring (bicyclic) bond motifs is 1. The second-order valence-electron chi connectivity index (χ2n) is 5.97. The summed E-state index contributed by atoms with van der Waals surface area (Å²) in [5.74, 6) is 0.0277. The monoisotopic (exact) mass is 405 g/mol. The van der Waals surface area contributed by atoms with Crippen molar-refractivity contribution >= 4 is 45.8 Å². The van der Waals surface area contributed by atoms with Crippen LogP contribution in [0.2, 0.25) is 10.0 Å². The molecule has 0 aliphatic rings. The van der Waals surface area contributed by atoms with Gasteiger partial charge in [0.05, 0.1) is 10.7 Å². The summed E-state index contributed by atoms with van der Waals surface area (Å²) in [6, 6.07) is 9.93. The van der Waals surface area contributed by atoms with E-state index >= 15 is 0 Å². The van der Waals surface area contributed by atoms with Crippen molar-refractivity contribution < 1.29 is 13.9 Å². The lowest BCUT2D eigenvalue weighted by atomic mass is 10.0. The van der Waals surface area contributed by atoms with Crippen molar-refractivity contribution in [1.82, 2.24) is 0 Å². The van der Waals surface area contributed by atoms with E-state index in [-0.39, 0.29) is 12.2 Å². The van der Waals surface area contributed by atoms with Crippen LogP contribution in [0.4, 0.5) is 5.69 Å². The Morgan fingerprint density at radius 2 is 1.96 bits per heavy atom. The van der Waals surface area contributed by atoms with Gasteiger partial charge in [-0.05, 0) is 49.2 Å². The summed E-state index contributed by atoms with van der Waals surface area (Å²) in [5, 5.41) is 4.32. The molecule has 0 bridgehead atoms.